The first-order chi connectivity index (χ1) is 7.19. The van der Waals surface area contributed by atoms with Crippen LogP contribution in [0.25, 0.3) is 0 Å². The van der Waals surface area contributed by atoms with Crippen LogP contribution < -0.4 is 103 Å². The van der Waals surface area contributed by atoms with Gasteiger partial charge in [-0.25, -0.2) is 4.79 Å². The van der Waals surface area contributed by atoms with E-state index in [0.29, 0.717) is 0 Å². The van der Waals surface area contributed by atoms with Crippen LogP contribution in [0.15, 0.2) is 0 Å². The molecule has 12 heteroatoms. The monoisotopic (exact) mass is 317 g/mol. The standard InChI is InChI=1S/C6H7NO9.2K.2H/c8-3(9)1-6(5(12)13,2-4(10)11)16-7(14)15;;;;/h1-2H2,(H,8,9)(H,10,11)(H,12,13);;;;/q;2*+1;2*-1. The van der Waals surface area contributed by atoms with Gasteiger partial charge in [-0.05, 0) is 0 Å². The van der Waals surface area contributed by atoms with Crippen LogP contribution >= 0.6 is 0 Å². The molecule has 0 aliphatic heterocycles. The molecule has 0 heterocycles. The largest absolute Gasteiger partial charge is 1.00 e. The molecule has 0 saturated carbocycles. The van der Waals surface area contributed by atoms with Crippen LogP contribution in [0.2, 0.25) is 0 Å². The molecule has 0 aliphatic carbocycles. The second-order valence-corrected chi connectivity index (χ2v) is 2.76. The molecule has 0 aromatic rings. The summed E-state index contributed by atoms with van der Waals surface area (Å²) in [6.07, 6.45) is -2.68. The molecule has 0 aromatic heterocycles. The minimum Gasteiger partial charge on any atom is -1.00 e. The molecule has 94 valence electrons. The van der Waals surface area contributed by atoms with Crippen LogP contribution in [-0.4, -0.2) is 43.9 Å². The molecule has 0 aromatic carbocycles. The average molecular weight is 317 g/mol. The van der Waals surface area contributed by atoms with E-state index in [2.05, 4.69) is 4.84 Å². The van der Waals surface area contributed by atoms with Gasteiger partial charge in [-0.1, -0.05) is 0 Å². The van der Waals surface area contributed by atoms with E-state index >= 15 is 0 Å². The first-order valence-corrected chi connectivity index (χ1v) is 3.70. The fourth-order valence-electron chi connectivity index (χ4n) is 0.949. The maximum atomic E-state index is 10.7. The summed E-state index contributed by atoms with van der Waals surface area (Å²) in [7, 11) is 0. The fraction of sp³-hybridized carbons (Fsp3) is 0.500. The van der Waals surface area contributed by atoms with Crippen molar-refractivity contribution < 1.29 is 145 Å². The van der Waals surface area contributed by atoms with Gasteiger partial charge in [0.1, 0.15) is 0 Å². The topological polar surface area (TPSA) is 164 Å². The first-order valence-electron chi connectivity index (χ1n) is 3.70. The molecule has 0 fully saturated rings. The van der Waals surface area contributed by atoms with Gasteiger partial charge >= 0.3 is 121 Å². The molecule has 0 bridgehead atoms. The van der Waals surface area contributed by atoms with E-state index < -0.39 is 41.4 Å². The zero-order valence-electron chi connectivity index (χ0n) is 11.7. The fourth-order valence-corrected chi connectivity index (χ4v) is 0.949. The molecule has 0 spiro atoms. The molecular formula is C6H9K2NO9. The molecule has 0 atom stereocenters. The van der Waals surface area contributed by atoms with Gasteiger partial charge in [-0.2, -0.15) is 0 Å². The van der Waals surface area contributed by atoms with Crippen LogP contribution in [-0.2, 0) is 19.2 Å². The van der Waals surface area contributed by atoms with Crippen molar-refractivity contribution >= 4 is 17.9 Å². The smallest absolute Gasteiger partial charge is 1.00 e. The number of carboxylic acids is 3. The third-order valence-electron chi connectivity index (χ3n) is 1.51. The zero-order valence-corrected chi connectivity index (χ0v) is 15.9. The minimum absolute atomic E-state index is 0. The van der Waals surface area contributed by atoms with E-state index in [1.807, 2.05) is 0 Å². The van der Waals surface area contributed by atoms with Crippen molar-refractivity contribution in [1.29, 1.82) is 0 Å². The molecule has 0 saturated heterocycles. The van der Waals surface area contributed by atoms with Gasteiger partial charge in [0.05, 0.1) is 12.8 Å². The maximum Gasteiger partial charge on any atom is 1.00 e. The number of hydrogen-bond donors (Lipinski definition) is 3. The Morgan fingerprint density at radius 2 is 1.44 bits per heavy atom. The molecule has 18 heavy (non-hydrogen) atoms. The summed E-state index contributed by atoms with van der Waals surface area (Å²) < 4.78 is 0. The maximum absolute atomic E-state index is 10.7. The van der Waals surface area contributed by atoms with E-state index in [1.165, 1.54) is 0 Å². The Bertz CT molecular complexity index is 313. The van der Waals surface area contributed by atoms with Gasteiger partial charge in [0.2, 0.25) is 5.60 Å². The Kier molecular flexibility index (Phi) is 14.2. The van der Waals surface area contributed by atoms with Crippen LogP contribution in [0.3, 0.4) is 0 Å². The predicted octanol–water partition coefficient (Wildman–Crippen LogP) is -6.80. The number of carbonyl (C=O) groups is 3. The van der Waals surface area contributed by atoms with Gasteiger partial charge in [0.25, 0.3) is 5.09 Å². The summed E-state index contributed by atoms with van der Waals surface area (Å²) in [5.74, 6) is -5.50. The number of nitrogens with zero attached hydrogens (tertiary/aromatic N) is 1. The quantitative estimate of drug-likeness (QED) is 0.235. The molecule has 0 radical (unpaired) electrons. The van der Waals surface area contributed by atoms with E-state index in [9.17, 15) is 24.5 Å². The van der Waals surface area contributed by atoms with E-state index in [-0.39, 0.29) is 106 Å². The average Bonchev–Trinajstić information content (AvgIpc) is 1.98. The Labute approximate surface area is 188 Å². The van der Waals surface area contributed by atoms with Crippen molar-refractivity contribution in [1.82, 2.24) is 0 Å². The summed E-state index contributed by atoms with van der Waals surface area (Å²) in [6.45, 7) is 0. The van der Waals surface area contributed by atoms with Crippen LogP contribution in [0.4, 0.5) is 0 Å². The normalized spacial score (nSPS) is 9.33. The Hall–Kier alpha value is 0.883. The summed E-state index contributed by atoms with van der Waals surface area (Å²) in [5, 5.41) is 33.8. The Morgan fingerprint density at radius 1 is 1.11 bits per heavy atom. The van der Waals surface area contributed by atoms with Crippen molar-refractivity contribution in [3.05, 3.63) is 10.1 Å². The van der Waals surface area contributed by atoms with Crippen LogP contribution in [0, 0.1) is 10.1 Å². The molecule has 0 unspecified atom stereocenters. The SMILES string of the molecule is O=C(O)CC(CC(=O)O)(O[N+](=O)[O-])C(=O)O.[H-].[H-].[K+].[K+]. The Balaban J connectivity index is -0.000000187. The molecule has 0 aliphatic rings. The second-order valence-electron chi connectivity index (χ2n) is 2.76. The van der Waals surface area contributed by atoms with Crippen molar-refractivity contribution in [2.75, 3.05) is 0 Å². The summed E-state index contributed by atoms with van der Waals surface area (Å²) in [6, 6.07) is 0. The van der Waals surface area contributed by atoms with E-state index in [0.717, 1.165) is 0 Å². The van der Waals surface area contributed by atoms with Crippen LogP contribution in [0.5, 0.6) is 0 Å². The van der Waals surface area contributed by atoms with Crippen molar-refractivity contribution in [2.45, 2.75) is 18.4 Å². The Morgan fingerprint density at radius 3 is 1.61 bits per heavy atom. The minimum atomic E-state index is -2.92. The van der Waals surface area contributed by atoms with Gasteiger partial charge in [0, 0.05) is 0 Å². The molecular weight excluding hydrogens is 308 g/mol. The number of carboxylic acid groups (broad SMARTS) is 3. The predicted molar refractivity (Wildman–Crippen MR) is 45.2 cm³/mol. The zero-order chi connectivity index (χ0) is 12.9. The molecule has 0 rings (SSSR count). The molecule has 10 nitrogen and oxygen atoms in total. The van der Waals surface area contributed by atoms with Crippen molar-refractivity contribution in [2.24, 2.45) is 0 Å². The first kappa shape index (κ1) is 23.9. The second kappa shape index (κ2) is 10.6. The van der Waals surface area contributed by atoms with E-state index in [1.54, 1.807) is 0 Å². The summed E-state index contributed by atoms with van der Waals surface area (Å²) in [5.41, 5.74) is -2.92. The molecule has 0 amide bonds. The van der Waals surface area contributed by atoms with Gasteiger partial charge in [-0.15, -0.1) is 10.1 Å². The number of hydrogen-bond acceptors (Lipinski definition) is 6. The van der Waals surface area contributed by atoms with E-state index in [4.69, 9.17) is 15.3 Å². The molecule has 3 N–H and O–H groups in total. The summed E-state index contributed by atoms with van der Waals surface area (Å²) in [4.78, 5) is 45.0. The van der Waals surface area contributed by atoms with Gasteiger partial charge in [-0.3, -0.25) is 14.4 Å². The van der Waals surface area contributed by atoms with Gasteiger partial charge < -0.3 is 18.2 Å². The third-order valence-corrected chi connectivity index (χ3v) is 1.51. The van der Waals surface area contributed by atoms with Crippen molar-refractivity contribution in [3.63, 3.8) is 0 Å². The third kappa shape index (κ3) is 8.89. The summed E-state index contributed by atoms with van der Waals surface area (Å²) >= 11 is 0. The number of aliphatic carboxylic acids is 3. The van der Waals surface area contributed by atoms with Crippen molar-refractivity contribution in [3.8, 4) is 0 Å². The number of rotatable bonds is 7. The van der Waals surface area contributed by atoms with Gasteiger partial charge in [0.15, 0.2) is 0 Å². The van der Waals surface area contributed by atoms with Crippen LogP contribution in [0.1, 0.15) is 15.7 Å².